The van der Waals surface area contributed by atoms with Gasteiger partial charge in [-0.2, -0.15) is 0 Å². The highest BCUT2D eigenvalue weighted by Crippen LogP contribution is 2.34. The maximum atomic E-state index is 12.9. The molecule has 5 rings (SSSR count). The first-order valence-corrected chi connectivity index (χ1v) is 10.8. The van der Waals surface area contributed by atoms with Gasteiger partial charge in [-0.1, -0.05) is 11.3 Å². The summed E-state index contributed by atoms with van der Waals surface area (Å²) in [5.74, 6) is -1.08. The van der Waals surface area contributed by atoms with Gasteiger partial charge in [0, 0.05) is 17.5 Å². The number of alkyl halides is 3. The highest BCUT2D eigenvalue weighted by atomic mass is 19.4. The lowest BCUT2D eigenvalue weighted by Crippen LogP contribution is -2.52. The summed E-state index contributed by atoms with van der Waals surface area (Å²) < 4.78 is 48.1. The molecule has 0 bridgehead atoms. The van der Waals surface area contributed by atoms with Crippen LogP contribution < -0.4 is 14.8 Å². The Bertz CT molecular complexity index is 1340. The van der Waals surface area contributed by atoms with Crippen molar-refractivity contribution in [3.8, 4) is 17.2 Å². The number of amides is 3. The van der Waals surface area contributed by atoms with Crippen molar-refractivity contribution in [2.75, 3.05) is 0 Å². The van der Waals surface area contributed by atoms with Crippen molar-refractivity contribution in [2.24, 2.45) is 0 Å². The molecule has 186 valence electrons. The third-order valence-corrected chi connectivity index (χ3v) is 5.79. The van der Waals surface area contributed by atoms with Gasteiger partial charge in [0.2, 0.25) is 11.8 Å². The monoisotopic (exact) mass is 501 g/mol. The van der Waals surface area contributed by atoms with E-state index in [1.54, 1.807) is 24.4 Å². The third kappa shape index (κ3) is 4.72. The normalized spacial score (nSPS) is 17.7. The van der Waals surface area contributed by atoms with Crippen molar-refractivity contribution in [3.63, 3.8) is 0 Å². The highest BCUT2D eigenvalue weighted by Gasteiger charge is 2.40. The number of hydrogen-bond acceptors (Lipinski definition) is 7. The summed E-state index contributed by atoms with van der Waals surface area (Å²) in [7, 11) is 0. The molecule has 2 aromatic carbocycles. The number of carbonyl (C=O) groups is 3. The van der Waals surface area contributed by atoms with Gasteiger partial charge in [-0.3, -0.25) is 19.7 Å². The fraction of sp³-hybridized carbons (Fsp3) is 0.261. The van der Waals surface area contributed by atoms with Crippen LogP contribution in [0.4, 0.5) is 13.2 Å². The Morgan fingerprint density at radius 1 is 1.08 bits per heavy atom. The van der Waals surface area contributed by atoms with Gasteiger partial charge < -0.3 is 14.4 Å². The topological polar surface area (TPSA) is 116 Å². The van der Waals surface area contributed by atoms with Crippen molar-refractivity contribution in [1.82, 2.24) is 25.2 Å². The van der Waals surface area contributed by atoms with Crippen LogP contribution in [0.2, 0.25) is 0 Å². The molecule has 3 amide bonds. The van der Waals surface area contributed by atoms with Crippen LogP contribution in [0.25, 0.3) is 5.69 Å². The number of benzene rings is 2. The number of nitrogens with one attached hydrogen (secondary N) is 1. The fourth-order valence-electron chi connectivity index (χ4n) is 4.14. The number of ether oxygens (including phenoxy) is 2. The van der Waals surface area contributed by atoms with Gasteiger partial charge in [0.25, 0.3) is 5.91 Å². The predicted molar refractivity (Wildman–Crippen MR) is 115 cm³/mol. The van der Waals surface area contributed by atoms with Crippen LogP contribution in [0, 0.1) is 0 Å². The summed E-state index contributed by atoms with van der Waals surface area (Å²) in [4.78, 5) is 38.1. The average molecular weight is 501 g/mol. The number of piperidine rings is 1. The molecule has 1 N–H and O–H groups in total. The number of carbonyl (C=O) groups excluding carboxylic acids is 3. The number of nitrogens with zero attached hydrogens (tertiary/aromatic N) is 4. The minimum Gasteiger partial charge on any atom is -0.487 e. The molecule has 1 unspecified atom stereocenters. The van der Waals surface area contributed by atoms with Crippen molar-refractivity contribution in [1.29, 1.82) is 0 Å². The van der Waals surface area contributed by atoms with E-state index in [2.05, 4.69) is 20.4 Å². The number of aromatic nitrogens is 3. The van der Waals surface area contributed by atoms with E-state index in [0.29, 0.717) is 28.3 Å². The molecule has 1 atom stereocenters. The SMILES string of the molecule is O=C1CCC(N2Cc3c(OCc4cn(-c5ccc(OC(F)(F)F)cc5)nn4)cccc3C2=O)C(=O)N1. The Balaban J connectivity index is 1.26. The van der Waals surface area contributed by atoms with Gasteiger partial charge in [0.1, 0.15) is 29.8 Å². The molecule has 1 saturated heterocycles. The maximum Gasteiger partial charge on any atom is 0.573 e. The van der Waals surface area contributed by atoms with E-state index in [0.717, 1.165) is 0 Å². The predicted octanol–water partition coefficient (Wildman–Crippen LogP) is 2.51. The largest absolute Gasteiger partial charge is 0.573 e. The Morgan fingerprint density at radius 2 is 1.86 bits per heavy atom. The van der Waals surface area contributed by atoms with Crippen LogP contribution in [-0.2, 0) is 22.7 Å². The number of rotatable bonds is 6. The van der Waals surface area contributed by atoms with E-state index < -0.39 is 18.3 Å². The summed E-state index contributed by atoms with van der Waals surface area (Å²) in [6.07, 6.45) is -2.80. The zero-order chi connectivity index (χ0) is 25.4. The lowest BCUT2D eigenvalue weighted by molar-refractivity contribution is -0.274. The molecule has 1 fully saturated rings. The molecule has 0 spiro atoms. The van der Waals surface area contributed by atoms with Crippen molar-refractivity contribution >= 4 is 17.7 Å². The van der Waals surface area contributed by atoms with E-state index in [1.165, 1.54) is 33.8 Å². The molecular weight excluding hydrogens is 483 g/mol. The lowest BCUT2D eigenvalue weighted by Gasteiger charge is -2.29. The molecule has 3 heterocycles. The first-order chi connectivity index (χ1) is 17.2. The molecule has 2 aliphatic rings. The Morgan fingerprint density at radius 3 is 2.58 bits per heavy atom. The summed E-state index contributed by atoms with van der Waals surface area (Å²) in [5.41, 5.74) is 1.95. The van der Waals surface area contributed by atoms with E-state index in [9.17, 15) is 27.6 Å². The summed E-state index contributed by atoms with van der Waals surface area (Å²) in [5, 5.41) is 10.2. The molecule has 1 aromatic heterocycles. The van der Waals surface area contributed by atoms with E-state index in [4.69, 9.17) is 4.74 Å². The standard InChI is InChI=1S/C23H18F3N5O5/c24-23(25,26)36-15-6-4-14(5-7-15)31-10-13(28-29-31)12-35-19-3-1-2-16-17(19)11-30(22(16)34)18-8-9-20(32)27-21(18)33/h1-7,10,18H,8-9,11-12H2,(H,27,32,33). The van der Waals surface area contributed by atoms with Crippen molar-refractivity contribution < 1.29 is 37.0 Å². The molecule has 36 heavy (non-hydrogen) atoms. The molecule has 10 nitrogen and oxygen atoms in total. The van der Waals surface area contributed by atoms with Crippen LogP contribution in [0.1, 0.15) is 34.5 Å². The van der Waals surface area contributed by atoms with E-state index >= 15 is 0 Å². The maximum absolute atomic E-state index is 12.9. The molecule has 0 radical (unpaired) electrons. The number of fused-ring (bicyclic) bond motifs is 1. The average Bonchev–Trinajstić information content (AvgIpc) is 3.43. The molecule has 3 aromatic rings. The van der Waals surface area contributed by atoms with Crippen LogP contribution in [-0.4, -0.2) is 50.0 Å². The minimum absolute atomic E-state index is 0.0122. The van der Waals surface area contributed by atoms with Gasteiger partial charge in [0.15, 0.2) is 0 Å². The van der Waals surface area contributed by atoms with Crippen LogP contribution in [0.15, 0.2) is 48.7 Å². The van der Waals surface area contributed by atoms with Crippen LogP contribution in [0.5, 0.6) is 11.5 Å². The zero-order valence-corrected chi connectivity index (χ0v) is 18.5. The van der Waals surface area contributed by atoms with Gasteiger partial charge >= 0.3 is 6.36 Å². The smallest absolute Gasteiger partial charge is 0.487 e. The quantitative estimate of drug-likeness (QED) is 0.516. The second-order valence-electron chi connectivity index (χ2n) is 8.17. The highest BCUT2D eigenvalue weighted by molar-refractivity contribution is 6.05. The molecule has 0 saturated carbocycles. The Hall–Kier alpha value is -4.42. The summed E-state index contributed by atoms with van der Waals surface area (Å²) >= 11 is 0. The van der Waals surface area contributed by atoms with Gasteiger partial charge in [-0.05, 0) is 42.8 Å². The van der Waals surface area contributed by atoms with Crippen LogP contribution >= 0.6 is 0 Å². The van der Waals surface area contributed by atoms with Crippen LogP contribution in [0.3, 0.4) is 0 Å². The molecule has 2 aliphatic heterocycles. The molecule has 0 aliphatic carbocycles. The first kappa shape index (κ1) is 23.3. The number of imide groups is 1. The first-order valence-electron chi connectivity index (χ1n) is 10.8. The van der Waals surface area contributed by atoms with E-state index in [-0.39, 0.29) is 43.6 Å². The van der Waals surface area contributed by atoms with Gasteiger partial charge in [-0.25, -0.2) is 4.68 Å². The van der Waals surface area contributed by atoms with Gasteiger partial charge in [0.05, 0.1) is 18.4 Å². The minimum atomic E-state index is -4.78. The van der Waals surface area contributed by atoms with Crippen molar-refractivity contribution in [2.45, 2.75) is 38.4 Å². The fourth-order valence-corrected chi connectivity index (χ4v) is 4.14. The molecular formula is C23H18F3N5O5. The lowest BCUT2D eigenvalue weighted by atomic mass is 10.0. The van der Waals surface area contributed by atoms with Crippen molar-refractivity contribution in [3.05, 3.63) is 65.5 Å². The summed E-state index contributed by atoms with van der Waals surface area (Å²) in [6.45, 7) is 0.175. The Labute approximate surface area is 201 Å². The van der Waals surface area contributed by atoms with Gasteiger partial charge in [-0.15, -0.1) is 18.3 Å². The third-order valence-electron chi connectivity index (χ3n) is 5.79. The Kier molecular flexibility index (Phi) is 5.82. The zero-order valence-electron chi connectivity index (χ0n) is 18.5. The van der Waals surface area contributed by atoms with E-state index in [1.807, 2.05) is 0 Å². The second kappa shape index (κ2) is 8.98. The summed E-state index contributed by atoms with van der Waals surface area (Å²) in [6, 6.07) is 9.42. The molecule has 13 heteroatoms. The second-order valence-corrected chi connectivity index (χ2v) is 8.17. The number of hydrogen-bond donors (Lipinski definition) is 1. The number of halogens is 3.